The number of benzene rings is 2. The molecule has 1 N–H and O–H groups in total. The lowest BCUT2D eigenvalue weighted by Gasteiger charge is -2.20. The van der Waals surface area contributed by atoms with Gasteiger partial charge in [0.15, 0.2) is 23.0 Å². The highest BCUT2D eigenvalue weighted by molar-refractivity contribution is 5.76. The van der Waals surface area contributed by atoms with E-state index in [-0.39, 0.29) is 25.0 Å². The number of carbonyl (C=O) groups excluding carboxylic acids is 1. The highest BCUT2D eigenvalue weighted by Gasteiger charge is 2.31. The van der Waals surface area contributed by atoms with Crippen molar-refractivity contribution in [2.24, 2.45) is 0 Å². The lowest BCUT2D eigenvalue weighted by molar-refractivity contribution is -0.151. The molecule has 39 heavy (non-hydrogen) atoms. The highest BCUT2D eigenvalue weighted by Crippen LogP contribution is 2.47. The van der Waals surface area contributed by atoms with Gasteiger partial charge in [-0.25, -0.2) is 0 Å². The van der Waals surface area contributed by atoms with Crippen molar-refractivity contribution >= 4 is 5.91 Å². The van der Waals surface area contributed by atoms with Crippen molar-refractivity contribution in [3.8, 4) is 40.7 Å². The number of carbonyl (C=O) groups is 1. The van der Waals surface area contributed by atoms with Crippen LogP contribution in [0.5, 0.6) is 28.7 Å². The van der Waals surface area contributed by atoms with Crippen LogP contribution in [0.2, 0.25) is 0 Å². The molecule has 2 unspecified atom stereocenters. The predicted molar refractivity (Wildman–Crippen MR) is 146 cm³/mol. The lowest BCUT2D eigenvalue weighted by atomic mass is 9.99. The zero-order valence-electron chi connectivity index (χ0n) is 23.7. The molecule has 9 heteroatoms. The molecule has 1 aliphatic heterocycles. The van der Waals surface area contributed by atoms with Crippen LogP contribution in [0, 0.1) is 12.0 Å². The van der Waals surface area contributed by atoms with Crippen LogP contribution in [0.4, 0.5) is 0 Å². The van der Waals surface area contributed by atoms with E-state index in [9.17, 15) is 10.0 Å². The molecule has 2 atom stereocenters. The minimum atomic E-state index is -0.434. The first kappa shape index (κ1) is 29.9. The van der Waals surface area contributed by atoms with E-state index in [0.717, 1.165) is 36.0 Å². The summed E-state index contributed by atoms with van der Waals surface area (Å²) in [6.45, 7) is 4.41. The zero-order chi connectivity index (χ0) is 28.4. The molecule has 1 fully saturated rings. The third-order valence-corrected chi connectivity index (χ3v) is 6.44. The number of hydrogen-bond acceptors (Lipinski definition) is 8. The largest absolute Gasteiger partial charge is 0.493 e. The van der Waals surface area contributed by atoms with E-state index in [0.29, 0.717) is 46.8 Å². The van der Waals surface area contributed by atoms with Gasteiger partial charge in [0.2, 0.25) is 5.75 Å². The maximum Gasteiger partial charge on any atom is 0.258 e. The smallest absolute Gasteiger partial charge is 0.258 e. The average molecular weight is 542 g/mol. The Hall–Kier alpha value is -3.61. The molecular weight excluding hydrogens is 502 g/mol. The SMILES string of the molecule is CCCOc1c(CC#CN(O)C(=O)CCC)cc(C2CCC(c3cc(OC)c(OC)c(OC)c3)O2)cc1OC. The number of hydrogen-bond donors (Lipinski definition) is 1. The predicted octanol–water partition coefficient (Wildman–Crippen LogP) is 5.62. The van der Waals surface area contributed by atoms with Gasteiger partial charge in [0, 0.05) is 24.4 Å². The first-order valence-corrected chi connectivity index (χ1v) is 13.2. The second-order valence-electron chi connectivity index (χ2n) is 9.13. The van der Waals surface area contributed by atoms with Crippen molar-refractivity contribution < 1.29 is 38.4 Å². The lowest BCUT2D eigenvalue weighted by Crippen LogP contribution is -2.21. The molecule has 0 saturated carbocycles. The van der Waals surface area contributed by atoms with Gasteiger partial charge in [-0.05, 0) is 61.1 Å². The van der Waals surface area contributed by atoms with Crippen molar-refractivity contribution in [2.45, 2.75) is 64.6 Å². The molecule has 0 radical (unpaired) electrons. The molecule has 212 valence electrons. The summed E-state index contributed by atoms with van der Waals surface area (Å²) in [5.41, 5.74) is 2.67. The molecule has 1 saturated heterocycles. The van der Waals surface area contributed by atoms with E-state index >= 15 is 0 Å². The number of rotatable bonds is 12. The van der Waals surface area contributed by atoms with Crippen LogP contribution in [0.15, 0.2) is 24.3 Å². The maximum atomic E-state index is 11.9. The van der Waals surface area contributed by atoms with E-state index < -0.39 is 5.91 Å². The van der Waals surface area contributed by atoms with Crippen LogP contribution in [0.3, 0.4) is 0 Å². The summed E-state index contributed by atoms with van der Waals surface area (Å²) in [4.78, 5) is 11.9. The Morgan fingerprint density at radius 3 is 1.97 bits per heavy atom. The van der Waals surface area contributed by atoms with Gasteiger partial charge in [0.1, 0.15) is 0 Å². The number of amides is 1. The molecule has 0 aromatic heterocycles. The van der Waals surface area contributed by atoms with E-state index in [2.05, 4.69) is 12.0 Å². The summed E-state index contributed by atoms with van der Waals surface area (Å²) in [7, 11) is 6.36. The van der Waals surface area contributed by atoms with Crippen LogP contribution in [-0.4, -0.2) is 51.2 Å². The molecular formula is C30H39NO8. The van der Waals surface area contributed by atoms with Crippen molar-refractivity contribution in [1.82, 2.24) is 5.06 Å². The van der Waals surface area contributed by atoms with Crippen LogP contribution < -0.4 is 23.7 Å². The molecule has 1 heterocycles. The van der Waals surface area contributed by atoms with Crippen LogP contribution in [-0.2, 0) is 16.0 Å². The maximum absolute atomic E-state index is 11.9. The minimum Gasteiger partial charge on any atom is -0.493 e. The number of nitrogens with zero attached hydrogens (tertiary/aromatic N) is 1. The van der Waals surface area contributed by atoms with Crippen molar-refractivity contribution in [3.63, 3.8) is 0 Å². The molecule has 2 aromatic rings. The molecule has 0 bridgehead atoms. The van der Waals surface area contributed by atoms with Crippen LogP contribution in [0.25, 0.3) is 0 Å². The van der Waals surface area contributed by atoms with Gasteiger partial charge < -0.3 is 28.4 Å². The zero-order valence-corrected chi connectivity index (χ0v) is 23.7. The second kappa shape index (κ2) is 14.5. The Bertz CT molecular complexity index is 1160. The number of ether oxygens (including phenoxy) is 6. The first-order valence-electron chi connectivity index (χ1n) is 13.2. The summed E-state index contributed by atoms with van der Waals surface area (Å²) >= 11 is 0. The molecule has 2 aromatic carbocycles. The highest BCUT2D eigenvalue weighted by atomic mass is 16.5. The van der Waals surface area contributed by atoms with E-state index in [1.54, 1.807) is 28.4 Å². The topological polar surface area (TPSA) is 95.9 Å². The number of methoxy groups -OCH3 is 4. The molecule has 1 amide bonds. The second-order valence-corrected chi connectivity index (χ2v) is 9.13. The van der Waals surface area contributed by atoms with Gasteiger partial charge in [-0.1, -0.05) is 19.8 Å². The molecule has 0 spiro atoms. The van der Waals surface area contributed by atoms with Gasteiger partial charge >= 0.3 is 0 Å². The Kier molecular flexibility index (Phi) is 11.1. The summed E-state index contributed by atoms with van der Waals surface area (Å²) in [5.74, 6) is 5.33. The average Bonchev–Trinajstić information content (AvgIpc) is 3.45. The molecule has 1 aliphatic rings. The summed E-state index contributed by atoms with van der Waals surface area (Å²) in [6, 6.07) is 10.3. The first-order chi connectivity index (χ1) is 18.9. The van der Waals surface area contributed by atoms with E-state index in [1.807, 2.05) is 38.1 Å². The summed E-state index contributed by atoms with van der Waals surface area (Å²) < 4.78 is 34.7. The number of hydroxylamine groups is 2. The third-order valence-electron chi connectivity index (χ3n) is 6.44. The summed E-state index contributed by atoms with van der Waals surface area (Å²) in [5, 5.41) is 10.4. The monoisotopic (exact) mass is 541 g/mol. The van der Waals surface area contributed by atoms with Gasteiger partial charge in [-0.15, -0.1) is 5.06 Å². The van der Waals surface area contributed by atoms with Crippen molar-refractivity contribution in [3.05, 3.63) is 41.0 Å². The fraction of sp³-hybridized carbons (Fsp3) is 0.500. The Morgan fingerprint density at radius 2 is 1.46 bits per heavy atom. The quantitative estimate of drug-likeness (QED) is 0.160. The fourth-order valence-electron chi connectivity index (χ4n) is 4.53. The fourth-order valence-corrected chi connectivity index (χ4v) is 4.53. The molecule has 0 aliphatic carbocycles. The van der Waals surface area contributed by atoms with Gasteiger partial charge in [0.05, 0.1) is 47.3 Å². The van der Waals surface area contributed by atoms with Gasteiger partial charge in [-0.3, -0.25) is 10.0 Å². The van der Waals surface area contributed by atoms with E-state index in [1.165, 1.54) is 0 Å². The standard InChI is InChI=1S/C30H39NO8/c1-7-10-28(32)31(33)14-9-11-20-16-21(17-25(34-3)29(20)38-15-8-2)23-12-13-24(39-23)22-18-26(35-4)30(37-6)27(19-22)36-5/h16-19,23-24,33H,7-8,10-13,15H2,1-6H3. The normalized spacial score (nSPS) is 16.2. The van der Waals surface area contributed by atoms with Gasteiger partial charge in [-0.2, -0.15) is 0 Å². The Labute approximate surface area is 230 Å². The van der Waals surface area contributed by atoms with E-state index in [4.69, 9.17) is 28.4 Å². The summed E-state index contributed by atoms with van der Waals surface area (Å²) in [6.07, 6.45) is 3.18. The molecule has 3 rings (SSSR count). The van der Waals surface area contributed by atoms with Crippen LogP contribution >= 0.6 is 0 Å². The van der Waals surface area contributed by atoms with Crippen LogP contribution in [0.1, 0.15) is 74.8 Å². The Balaban J connectivity index is 1.89. The van der Waals surface area contributed by atoms with Crippen molar-refractivity contribution in [2.75, 3.05) is 35.0 Å². The van der Waals surface area contributed by atoms with Crippen molar-refractivity contribution in [1.29, 1.82) is 0 Å². The minimum absolute atomic E-state index is 0.165. The third kappa shape index (κ3) is 7.28. The van der Waals surface area contributed by atoms with Gasteiger partial charge in [0.25, 0.3) is 5.91 Å². The molecule has 9 nitrogen and oxygen atoms in total. The Morgan fingerprint density at radius 1 is 0.897 bits per heavy atom.